The second-order valence-corrected chi connectivity index (χ2v) is 3.27. The first-order valence-corrected chi connectivity index (χ1v) is 5.30. The molecule has 0 fully saturated rings. The molecule has 0 heterocycles. The van der Waals surface area contributed by atoms with Crippen LogP contribution in [0, 0.1) is 0 Å². The Morgan fingerprint density at radius 2 is 2.19 bits per heavy atom. The number of amides is 1. The van der Waals surface area contributed by atoms with Crippen LogP contribution in [0.25, 0.3) is 0 Å². The van der Waals surface area contributed by atoms with Crippen LogP contribution in [-0.2, 0) is 14.3 Å². The van der Waals surface area contributed by atoms with Gasteiger partial charge in [-0.25, -0.2) is 0 Å². The molecule has 0 saturated carbocycles. The first-order valence-electron chi connectivity index (χ1n) is 5.30. The predicted octanol–water partition coefficient (Wildman–Crippen LogP) is 0.902. The highest BCUT2D eigenvalue weighted by Crippen LogP contribution is 1.98. The third-order valence-corrected chi connectivity index (χ3v) is 1.98. The Kier molecular flexibility index (Phi) is 8.15. The first kappa shape index (κ1) is 14.6. The summed E-state index contributed by atoms with van der Waals surface area (Å²) in [4.78, 5) is 23.3. The maximum atomic E-state index is 11.5. The number of carboxylic acid groups (broad SMARTS) is 1. The van der Waals surface area contributed by atoms with Crippen LogP contribution < -0.4 is 0 Å². The Bertz CT molecular complexity index is 240. The predicted molar refractivity (Wildman–Crippen MR) is 60.1 cm³/mol. The van der Waals surface area contributed by atoms with E-state index in [1.54, 1.807) is 13.0 Å². The van der Waals surface area contributed by atoms with Gasteiger partial charge in [-0.05, 0) is 13.3 Å². The summed E-state index contributed by atoms with van der Waals surface area (Å²) in [6.07, 6.45) is 2.56. The van der Waals surface area contributed by atoms with E-state index in [4.69, 9.17) is 9.84 Å². The molecule has 0 aromatic heterocycles. The molecular weight excluding hydrogens is 210 g/mol. The number of hydrogen-bond donors (Lipinski definition) is 1. The Morgan fingerprint density at radius 3 is 2.69 bits per heavy atom. The lowest BCUT2D eigenvalue weighted by atomic mass is 10.3. The second kappa shape index (κ2) is 8.91. The van der Waals surface area contributed by atoms with Gasteiger partial charge < -0.3 is 14.7 Å². The molecule has 0 unspecified atom stereocenters. The molecule has 5 heteroatoms. The fourth-order valence-electron chi connectivity index (χ4n) is 1.19. The van der Waals surface area contributed by atoms with Crippen molar-refractivity contribution in [2.24, 2.45) is 0 Å². The van der Waals surface area contributed by atoms with Gasteiger partial charge in [-0.15, -0.1) is 6.58 Å². The van der Waals surface area contributed by atoms with E-state index in [9.17, 15) is 9.59 Å². The van der Waals surface area contributed by atoms with Gasteiger partial charge in [-0.1, -0.05) is 6.08 Å². The molecule has 0 aromatic rings. The minimum Gasteiger partial charge on any atom is -0.480 e. The van der Waals surface area contributed by atoms with Crippen LogP contribution >= 0.6 is 0 Å². The van der Waals surface area contributed by atoms with Crippen molar-refractivity contribution in [1.82, 2.24) is 4.90 Å². The normalized spacial score (nSPS) is 9.81. The largest absolute Gasteiger partial charge is 0.480 e. The maximum absolute atomic E-state index is 11.5. The number of carbonyl (C=O) groups excluding carboxylic acids is 1. The molecule has 0 aliphatic rings. The summed E-state index contributed by atoms with van der Waals surface area (Å²) in [6.45, 7) is 6.40. The Labute approximate surface area is 95.7 Å². The Morgan fingerprint density at radius 1 is 1.50 bits per heavy atom. The molecule has 0 rings (SSSR count). The van der Waals surface area contributed by atoms with Crippen molar-refractivity contribution in [1.29, 1.82) is 0 Å². The van der Waals surface area contributed by atoms with Crippen LogP contribution in [0.1, 0.15) is 19.8 Å². The Hall–Kier alpha value is -1.36. The van der Waals surface area contributed by atoms with Gasteiger partial charge >= 0.3 is 5.97 Å². The van der Waals surface area contributed by atoms with Crippen LogP contribution in [0.4, 0.5) is 0 Å². The third kappa shape index (κ3) is 7.00. The number of likely N-dealkylation sites (N-methyl/N-ethyl adjacent to an activating group) is 1. The van der Waals surface area contributed by atoms with E-state index in [0.717, 1.165) is 0 Å². The highest BCUT2D eigenvalue weighted by Gasteiger charge is 2.13. The second-order valence-electron chi connectivity index (χ2n) is 3.27. The van der Waals surface area contributed by atoms with E-state index < -0.39 is 5.97 Å². The molecule has 1 N–H and O–H groups in total. The molecule has 0 aromatic carbocycles. The lowest BCUT2D eigenvalue weighted by Gasteiger charge is -2.18. The number of rotatable bonds is 9. The monoisotopic (exact) mass is 229 g/mol. The van der Waals surface area contributed by atoms with Crippen LogP contribution in [0.2, 0.25) is 0 Å². The Balaban J connectivity index is 3.75. The van der Waals surface area contributed by atoms with Gasteiger partial charge in [-0.2, -0.15) is 0 Å². The summed E-state index contributed by atoms with van der Waals surface area (Å²) in [5, 5.41) is 8.58. The van der Waals surface area contributed by atoms with Gasteiger partial charge in [0, 0.05) is 19.6 Å². The smallest absolute Gasteiger partial charge is 0.323 e. The van der Waals surface area contributed by atoms with Gasteiger partial charge in [0.05, 0.1) is 6.61 Å². The molecule has 5 nitrogen and oxygen atoms in total. The summed E-state index contributed by atoms with van der Waals surface area (Å²) < 4.78 is 5.12. The van der Waals surface area contributed by atoms with E-state index in [1.807, 2.05) is 0 Å². The fourth-order valence-corrected chi connectivity index (χ4v) is 1.19. The number of aliphatic carboxylic acids is 1. The van der Waals surface area contributed by atoms with Gasteiger partial charge in [0.1, 0.15) is 6.54 Å². The van der Waals surface area contributed by atoms with Gasteiger partial charge in [-0.3, -0.25) is 9.59 Å². The van der Waals surface area contributed by atoms with Crippen molar-refractivity contribution in [3.8, 4) is 0 Å². The number of carboxylic acids is 1. The average molecular weight is 229 g/mol. The highest BCUT2D eigenvalue weighted by atomic mass is 16.5. The van der Waals surface area contributed by atoms with Crippen molar-refractivity contribution >= 4 is 11.9 Å². The molecule has 0 aliphatic carbocycles. The summed E-state index contributed by atoms with van der Waals surface area (Å²) >= 11 is 0. The zero-order chi connectivity index (χ0) is 12.4. The first-order chi connectivity index (χ1) is 7.61. The zero-order valence-electron chi connectivity index (χ0n) is 9.65. The van der Waals surface area contributed by atoms with E-state index in [-0.39, 0.29) is 12.5 Å². The maximum Gasteiger partial charge on any atom is 0.323 e. The molecule has 92 valence electrons. The molecular formula is C11H19NO4. The van der Waals surface area contributed by atoms with E-state index in [2.05, 4.69) is 6.58 Å². The summed E-state index contributed by atoms with van der Waals surface area (Å²) in [5.41, 5.74) is 0. The number of nitrogens with zero attached hydrogens (tertiary/aromatic N) is 1. The van der Waals surface area contributed by atoms with Crippen molar-refractivity contribution < 1.29 is 19.4 Å². The number of ether oxygens (including phenoxy) is 1. The summed E-state index contributed by atoms with van der Waals surface area (Å²) in [5.74, 6) is -1.13. The molecule has 0 spiro atoms. The molecule has 0 saturated heterocycles. The molecule has 0 bridgehead atoms. The van der Waals surface area contributed by atoms with Crippen LogP contribution in [0.5, 0.6) is 0 Å². The molecule has 16 heavy (non-hydrogen) atoms. The van der Waals surface area contributed by atoms with Crippen LogP contribution in [-0.4, -0.2) is 48.2 Å². The molecule has 0 radical (unpaired) electrons. The van der Waals surface area contributed by atoms with E-state index >= 15 is 0 Å². The average Bonchev–Trinajstić information content (AvgIpc) is 2.25. The minimum atomic E-state index is -0.988. The van der Waals surface area contributed by atoms with E-state index in [0.29, 0.717) is 32.6 Å². The van der Waals surface area contributed by atoms with Crippen LogP contribution in [0.15, 0.2) is 12.7 Å². The van der Waals surface area contributed by atoms with Gasteiger partial charge in [0.15, 0.2) is 0 Å². The number of carbonyl (C=O) groups is 2. The van der Waals surface area contributed by atoms with Crippen molar-refractivity contribution in [3.05, 3.63) is 12.7 Å². The third-order valence-electron chi connectivity index (χ3n) is 1.98. The SMILES string of the molecule is C=CCOCCCC(=O)N(CC)CC(=O)O. The lowest BCUT2D eigenvalue weighted by Crippen LogP contribution is -2.35. The topological polar surface area (TPSA) is 66.8 Å². The molecule has 1 amide bonds. The van der Waals surface area contributed by atoms with E-state index in [1.165, 1.54) is 4.90 Å². The number of hydrogen-bond acceptors (Lipinski definition) is 3. The summed E-state index contributed by atoms with van der Waals surface area (Å²) in [7, 11) is 0. The zero-order valence-corrected chi connectivity index (χ0v) is 9.65. The van der Waals surface area contributed by atoms with Crippen molar-refractivity contribution in [2.45, 2.75) is 19.8 Å². The van der Waals surface area contributed by atoms with Crippen molar-refractivity contribution in [2.75, 3.05) is 26.3 Å². The molecule has 0 atom stereocenters. The van der Waals surface area contributed by atoms with Gasteiger partial charge in [0.25, 0.3) is 0 Å². The van der Waals surface area contributed by atoms with Gasteiger partial charge in [0.2, 0.25) is 5.91 Å². The van der Waals surface area contributed by atoms with Crippen molar-refractivity contribution in [3.63, 3.8) is 0 Å². The minimum absolute atomic E-state index is 0.146. The lowest BCUT2D eigenvalue weighted by molar-refractivity contribution is -0.144. The quantitative estimate of drug-likeness (QED) is 0.471. The highest BCUT2D eigenvalue weighted by molar-refractivity contribution is 5.81. The molecule has 0 aliphatic heterocycles. The van der Waals surface area contributed by atoms with Crippen LogP contribution in [0.3, 0.4) is 0 Å². The summed E-state index contributed by atoms with van der Waals surface area (Å²) in [6, 6.07) is 0. The fraction of sp³-hybridized carbons (Fsp3) is 0.636. The standard InChI is InChI=1S/C11H19NO4/c1-3-7-16-8-5-6-10(13)12(4-2)9-11(14)15/h3H,1,4-9H2,2H3,(H,14,15).